The molecule has 0 amide bonds. The van der Waals surface area contributed by atoms with Gasteiger partial charge in [-0.1, -0.05) is 206 Å². The van der Waals surface area contributed by atoms with Crippen molar-refractivity contribution in [2.45, 2.75) is 0 Å². The molecule has 58 heavy (non-hydrogen) atoms. The third-order valence-electron chi connectivity index (χ3n) is 10.8. The quantitative estimate of drug-likeness (QED) is 0.156. The van der Waals surface area contributed by atoms with E-state index in [4.69, 9.17) is 15.0 Å². The molecule has 1 heterocycles. The van der Waals surface area contributed by atoms with Crippen LogP contribution in [-0.4, -0.2) is 15.0 Å². The maximum atomic E-state index is 5.27. The second-order valence-corrected chi connectivity index (χ2v) is 14.4. The zero-order chi connectivity index (χ0) is 38.7. The van der Waals surface area contributed by atoms with Gasteiger partial charge in [0.15, 0.2) is 17.5 Å². The van der Waals surface area contributed by atoms with E-state index in [-0.39, 0.29) is 0 Å². The van der Waals surface area contributed by atoms with Crippen LogP contribution in [-0.2, 0) is 0 Å². The van der Waals surface area contributed by atoms with E-state index in [1.54, 1.807) is 0 Å². The normalized spacial score (nSPS) is 11.1. The van der Waals surface area contributed by atoms with Gasteiger partial charge in [0.05, 0.1) is 0 Å². The van der Waals surface area contributed by atoms with Crippen molar-refractivity contribution in [1.29, 1.82) is 0 Å². The van der Waals surface area contributed by atoms with Gasteiger partial charge >= 0.3 is 0 Å². The number of hydrogen-bond donors (Lipinski definition) is 0. The molecule has 0 saturated heterocycles. The molecule has 3 nitrogen and oxygen atoms in total. The van der Waals surface area contributed by atoms with Crippen molar-refractivity contribution in [3.05, 3.63) is 224 Å². The lowest BCUT2D eigenvalue weighted by atomic mass is 9.89. The van der Waals surface area contributed by atoms with Crippen molar-refractivity contribution in [3.8, 4) is 89.8 Å². The summed E-state index contributed by atoms with van der Waals surface area (Å²) < 4.78 is 0. The van der Waals surface area contributed by atoms with Crippen LogP contribution in [0.4, 0.5) is 0 Å². The van der Waals surface area contributed by atoms with E-state index in [0.29, 0.717) is 17.5 Å². The van der Waals surface area contributed by atoms with Crippen molar-refractivity contribution in [2.75, 3.05) is 0 Å². The van der Waals surface area contributed by atoms with Gasteiger partial charge in [-0.3, -0.25) is 0 Å². The minimum Gasteiger partial charge on any atom is -0.208 e. The first-order chi connectivity index (χ1) is 28.7. The second-order valence-electron chi connectivity index (χ2n) is 14.4. The summed E-state index contributed by atoms with van der Waals surface area (Å²) in [6.07, 6.45) is 0. The van der Waals surface area contributed by atoms with E-state index in [2.05, 4.69) is 212 Å². The van der Waals surface area contributed by atoms with E-state index in [1.165, 1.54) is 21.9 Å². The van der Waals surface area contributed by atoms with Crippen LogP contribution in [0.25, 0.3) is 101 Å². The maximum Gasteiger partial charge on any atom is 0.164 e. The van der Waals surface area contributed by atoms with Crippen LogP contribution in [0, 0.1) is 0 Å². The van der Waals surface area contributed by atoms with Gasteiger partial charge in [0.1, 0.15) is 0 Å². The van der Waals surface area contributed by atoms with E-state index >= 15 is 0 Å². The summed E-state index contributed by atoms with van der Waals surface area (Å²) in [6.45, 7) is 0. The SMILES string of the molecule is c1ccc(-c2ccc(-c3cccc(-c4nc(-c5ccccc5-c5ccccc5)nc(-c5ccccc5-c5ccccc5)n4)c3)c(-c3ccc4ccccc4c3)c2)cc1. The third-order valence-corrected chi connectivity index (χ3v) is 10.8. The van der Waals surface area contributed by atoms with Crippen LogP contribution >= 0.6 is 0 Å². The molecule has 0 spiro atoms. The maximum absolute atomic E-state index is 5.27. The second kappa shape index (κ2) is 15.4. The Morgan fingerprint density at radius 2 is 0.621 bits per heavy atom. The summed E-state index contributed by atoms with van der Waals surface area (Å²) in [5, 5.41) is 2.43. The van der Waals surface area contributed by atoms with Crippen LogP contribution in [0.5, 0.6) is 0 Å². The largest absolute Gasteiger partial charge is 0.208 e. The fourth-order valence-electron chi connectivity index (χ4n) is 7.87. The molecule has 272 valence electrons. The Bertz CT molecular complexity index is 2950. The molecule has 0 unspecified atom stereocenters. The fraction of sp³-hybridized carbons (Fsp3) is 0. The highest BCUT2D eigenvalue weighted by atomic mass is 15.0. The van der Waals surface area contributed by atoms with Crippen LogP contribution in [0.1, 0.15) is 0 Å². The van der Waals surface area contributed by atoms with Crippen LogP contribution in [0.2, 0.25) is 0 Å². The Balaban J connectivity index is 1.16. The number of fused-ring (bicyclic) bond motifs is 1. The van der Waals surface area contributed by atoms with Gasteiger partial charge in [-0.2, -0.15) is 0 Å². The highest BCUT2D eigenvalue weighted by Crippen LogP contribution is 2.39. The topological polar surface area (TPSA) is 38.7 Å². The summed E-state index contributed by atoms with van der Waals surface area (Å²) in [6, 6.07) is 78.9. The lowest BCUT2D eigenvalue weighted by molar-refractivity contribution is 1.07. The first-order valence-electron chi connectivity index (χ1n) is 19.6. The molecule has 0 atom stereocenters. The standard InChI is InChI=1S/C55H37N3/c1-4-17-38(18-5-1)43-33-34-49(52(37-43)45-32-31-39-19-10-11-24-42(39)35-45)44-25-16-26-46(36-44)53-56-54(50-29-14-12-27-47(50)40-20-6-2-7-21-40)58-55(57-53)51-30-15-13-28-48(51)41-22-8-3-9-23-41/h1-37H. The molecule has 9 aromatic carbocycles. The fourth-order valence-corrected chi connectivity index (χ4v) is 7.87. The highest BCUT2D eigenvalue weighted by molar-refractivity contribution is 5.94. The Labute approximate surface area is 338 Å². The third kappa shape index (κ3) is 6.87. The Hall–Kier alpha value is -7.75. The predicted molar refractivity (Wildman–Crippen MR) is 241 cm³/mol. The summed E-state index contributed by atoms with van der Waals surface area (Å²) >= 11 is 0. The number of aromatic nitrogens is 3. The summed E-state index contributed by atoms with van der Waals surface area (Å²) in [4.78, 5) is 15.8. The van der Waals surface area contributed by atoms with Crippen LogP contribution < -0.4 is 0 Å². The Morgan fingerprint density at radius 3 is 1.24 bits per heavy atom. The number of rotatable bonds is 8. The first kappa shape index (κ1) is 34.7. The molecule has 10 rings (SSSR count). The molecule has 0 fully saturated rings. The van der Waals surface area contributed by atoms with Crippen molar-refractivity contribution in [1.82, 2.24) is 15.0 Å². The molecule has 0 aliphatic carbocycles. The van der Waals surface area contributed by atoms with Crippen LogP contribution in [0.15, 0.2) is 224 Å². The number of nitrogens with zero attached hydrogens (tertiary/aromatic N) is 3. The smallest absolute Gasteiger partial charge is 0.164 e. The van der Waals surface area contributed by atoms with Gasteiger partial charge < -0.3 is 0 Å². The molecule has 1 aromatic heterocycles. The molecule has 0 radical (unpaired) electrons. The molecule has 0 saturated carbocycles. The Morgan fingerprint density at radius 1 is 0.190 bits per heavy atom. The Kier molecular flexibility index (Phi) is 9.23. The lowest BCUT2D eigenvalue weighted by Crippen LogP contribution is -2.02. The summed E-state index contributed by atoms with van der Waals surface area (Å²) in [7, 11) is 0. The predicted octanol–water partition coefficient (Wildman–Crippen LogP) is 14.4. The molecule has 3 heteroatoms. The van der Waals surface area contributed by atoms with Crippen molar-refractivity contribution in [3.63, 3.8) is 0 Å². The number of benzene rings is 9. The minimum atomic E-state index is 0.612. The zero-order valence-electron chi connectivity index (χ0n) is 31.7. The molecular weight excluding hydrogens is 703 g/mol. The highest BCUT2D eigenvalue weighted by Gasteiger charge is 2.19. The van der Waals surface area contributed by atoms with Crippen LogP contribution in [0.3, 0.4) is 0 Å². The number of hydrogen-bond acceptors (Lipinski definition) is 3. The van der Waals surface area contributed by atoms with Crippen molar-refractivity contribution < 1.29 is 0 Å². The minimum absolute atomic E-state index is 0.612. The van der Waals surface area contributed by atoms with Gasteiger partial charge in [-0.25, -0.2) is 15.0 Å². The van der Waals surface area contributed by atoms with Gasteiger partial charge in [0, 0.05) is 16.7 Å². The summed E-state index contributed by atoms with van der Waals surface area (Å²) in [5.74, 6) is 1.86. The monoisotopic (exact) mass is 739 g/mol. The van der Waals surface area contributed by atoms with E-state index in [1.807, 2.05) is 12.1 Å². The molecule has 0 N–H and O–H groups in total. The molecule has 0 aliphatic heterocycles. The molecule has 10 aromatic rings. The zero-order valence-corrected chi connectivity index (χ0v) is 31.7. The van der Waals surface area contributed by atoms with E-state index in [0.717, 1.165) is 61.2 Å². The van der Waals surface area contributed by atoms with Gasteiger partial charge in [-0.15, -0.1) is 0 Å². The average molecular weight is 740 g/mol. The molecular formula is C55H37N3. The average Bonchev–Trinajstić information content (AvgIpc) is 3.32. The van der Waals surface area contributed by atoms with Crippen molar-refractivity contribution >= 4 is 10.8 Å². The van der Waals surface area contributed by atoms with E-state index in [9.17, 15) is 0 Å². The van der Waals surface area contributed by atoms with Gasteiger partial charge in [-0.05, 0) is 84.6 Å². The van der Waals surface area contributed by atoms with Gasteiger partial charge in [0.2, 0.25) is 0 Å². The first-order valence-corrected chi connectivity index (χ1v) is 19.6. The van der Waals surface area contributed by atoms with Gasteiger partial charge in [0.25, 0.3) is 0 Å². The van der Waals surface area contributed by atoms with E-state index < -0.39 is 0 Å². The molecule has 0 bridgehead atoms. The molecule has 0 aliphatic rings. The summed E-state index contributed by atoms with van der Waals surface area (Å²) in [5.41, 5.74) is 14.0. The van der Waals surface area contributed by atoms with Crippen molar-refractivity contribution in [2.24, 2.45) is 0 Å². The lowest BCUT2D eigenvalue weighted by Gasteiger charge is -2.16.